The maximum absolute atomic E-state index is 12.4. The molecule has 0 aromatic rings. The molecule has 0 rings (SSSR count). The van der Waals surface area contributed by atoms with E-state index < -0.39 is 12.1 Å². The van der Waals surface area contributed by atoms with Crippen LogP contribution in [0.3, 0.4) is 0 Å². The number of carbonyl (C=O) groups excluding carboxylic acids is 2. The van der Waals surface area contributed by atoms with Crippen molar-refractivity contribution < 1.29 is 24.5 Å². The number of aliphatic hydroxyl groups excluding tert-OH is 2. The Labute approximate surface area is 367 Å². The molecule has 6 nitrogen and oxygen atoms in total. The van der Waals surface area contributed by atoms with Crippen LogP contribution in [0, 0.1) is 0 Å². The Morgan fingerprint density at radius 1 is 0.458 bits per heavy atom. The third-order valence-electron chi connectivity index (χ3n) is 12.0. The molecule has 0 saturated heterocycles. The number of unbranched alkanes of at least 4 members (excludes halogenated alkanes) is 33. The third kappa shape index (κ3) is 45.7. The lowest BCUT2D eigenvalue weighted by atomic mass is 10.0. The number of hydrogen-bond acceptors (Lipinski definition) is 5. The average Bonchev–Trinajstić information content (AvgIpc) is 3.24. The second kappa shape index (κ2) is 49.0. The van der Waals surface area contributed by atoms with E-state index in [1.165, 1.54) is 167 Å². The lowest BCUT2D eigenvalue weighted by Gasteiger charge is -2.22. The molecule has 0 fully saturated rings. The smallest absolute Gasteiger partial charge is 0.305 e. The second-order valence-electron chi connectivity index (χ2n) is 17.8. The number of rotatable bonds is 48. The lowest BCUT2D eigenvalue weighted by Crippen LogP contribution is -2.45. The molecule has 0 spiro atoms. The van der Waals surface area contributed by atoms with E-state index in [2.05, 4.69) is 43.5 Å². The second-order valence-corrected chi connectivity index (χ2v) is 17.8. The fourth-order valence-electron chi connectivity index (χ4n) is 7.92. The highest BCUT2D eigenvalue weighted by molar-refractivity contribution is 5.76. The summed E-state index contributed by atoms with van der Waals surface area (Å²) in [6.45, 7) is 4.86. The fourth-order valence-corrected chi connectivity index (χ4v) is 7.92. The molecule has 0 aliphatic heterocycles. The van der Waals surface area contributed by atoms with Crippen molar-refractivity contribution in [1.29, 1.82) is 0 Å². The molecule has 0 aromatic carbocycles. The Morgan fingerprint density at radius 2 is 0.797 bits per heavy atom. The summed E-state index contributed by atoms with van der Waals surface area (Å²) >= 11 is 0. The highest BCUT2D eigenvalue weighted by Crippen LogP contribution is 2.16. The number of esters is 1. The summed E-state index contributed by atoms with van der Waals surface area (Å²) in [5.41, 5.74) is 0. The van der Waals surface area contributed by atoms with Gasteiger partial charge < -0.3 is 20.3 Å². The van der Waals surface area contributed by atoms with E-state index in [1.807, 2.05) is 0 Å². The van der Waals surface area contributed by atoms with Crippen molar-refractivity contribution in [2.75, 3.05) is 13.2 Å². The van der Waals surface area contributed by atoms with Gasteiger partial charge in [-0.15, -0.1) is 0 Å². The van der Waals surface area contributed by atoms with Crippen LogP contribution in [0.25, 0.3) is 0 Å². The monoisotopic (exact) mass is 832 g/mol. The van der Waals surface area contributed by atoms with Crippen molar-refractivity contribution in [2.45, 2.75) is 289 Å². The Kier molecular flexibility index (Phi) is 47.6. The van der Waals surface area contributed by atoms with E-state index in [0.29, 0.717) is 25.9 Å². The van der Waals surface area contributed by atoms with Gasteiger partial charge in [0.05, 0.1) is 25.4 Å². The molecule has 2 unspecified atom stereocenters. The number of aliphatic hydroxyl groups is 2. The predicted octanol–water partition coefficient (Wildman–Crippen LogP) is 15.5. The zero-order valence-electron chi connectivity index (χ0n) is 39.5. The standard InChI is InChI=1S/C53H101NO5/c1-3-5-7-9-11-13-15-17-18-19-20-21-22-24-26-31-35-39-43-47-53(58)59-48-44-40-36-32-28-27-30-34-38-42-46-52(57)54-50(49-55)51(56)45-41-37-33-29-25-23-16-14-12-10-8-6-4-2/h17-18,28,32,50-51,55-56H,3-16,19-27,29-31,33-49H2,1-2H3,(H,54,57)/b18-17-,32-28-. The summed E-state index contributed by atoms with van der Waals surface area (Å²) in [4.78, 5) is 24.5. The van der Waals surface area contributed by atoms with Gasteiger partial charge in [0.2, 0.25) is 5.91 Å². The van der Waals surface area contributed by atoms with Gasteiger partial charge in [-0.2, -0.15) is 0 Å². The van der Waals surface area contributed by atoms with E-state index in [9.17, 15) is 19.8 Å². The summed E-state index contributed by atoms with van der Waals surface area (Å²) in [5.74, 6) is -0.108. The van der Waals surface area contributed by atoms with Crippen molar-refractivity contribution in [1.82, 2.24) is 5.32 Å². The van der Waals surface area contributed by atoms with Crippen LogP contribution in [-0.2, 0) is 14.3 Å². The minimum absolute atomic E-state index is 0.0370. The van der Waals surface area contributed by atoms with Crippen LogP contribution in [-0.4, -0.2) is 47.4 Å². The summed E-state index contributed by atoms with van der Waals surface area (Å²) in [6, 6.07) is -0.566. The zero-order chi connectivity index (χ0) is 43.0. The highest BCUT2D eigenvalue weighted by atomic mass is 16.5. The normalized spacial score (nSPS) is 12.8. The minimum Gasteiger partial charge on any atom is -0.466 e. The zero-order valence-corrected chi connectivity index (χ0v) is 39.5. The van der Waals surface area contributed by atoms with Crippen LogP contribution >= 0.6 is 0 Å². The summed E-state index contributed by atoms with van der Waals surface area (Å²) < 4.78 is 5.44. The van der Waals surface area contributed by atoms with Crippen LogP contribution in [0.2, 0.25) is 0 Å². The van der Waals surface area contributed by atoms with Gasteiger partial charge in [-0.05, 0) is 77.0 Å². The SMILES string of the molecule is CCCCCCCC/C=C\CCCCCCCCCCCC(=O)OCCCC/C=C\CCCCCCC(=O)NC(CO)C(O)CCCCCCCCCCCCCCC. The molecule has 0 radical (unpaired) electrons. The van der Waals surface area contributed by atoms with Gasteiger partial charge in [0.15, 0.2) is 0 Å². The summed E-state index contributed by atoms with van der Waals surface area (Å²) in [6.07, 6.45) is 57.2. The molecule has 0 bridgehead atoms. The topological polar surface area (TPSA) is 95.9 Å². The van der Waals surface area contributed by atoms with E-state index in [4.69, 9.17) is 4.74 Å². The lowest BCUT2D eigenvalue weighted by molar-refractivity contribution is -0.143. The van der Waals surface area contributed by atoms with Gasteiger partial charge in [-0.3, -0.25) is 9.59 Å². The molecule has 2 atom stereocenters. The molecule has 59 heavy (non-hydrogen) atoms. The number of carbonyl (C=O) groups is 2. The fraction of sp³-hybridized carbons (Fsp3) is 0.887. The van der Waals surface area contributed by atoms with E-state index in [-0.39, 0.29) is 18.5 Å². The van der Waals surface area contributed by atoms with Crippen LogP contribution in [0.5, 0.6) is 0 Å². The first kappa shape index (κ1) is 57.3. The summed E-state index contributed by atoms with van der Waals surface area (Å²) in [7, 11) is 0. The van der Waals surface area contributed by atoms with Crippen molar-refractivity contribution in [3.05, 3.63) is 24.3 Å². The van der Waals surface area contributed by atoms with E-state index >= 15 is 0 Å². The molecular weight excluding hydrogens is 731 g/mol. The highest BCUT2D eigenvalue weighted by Gasteiger charge is 2.20. The Morgan fingerprint density at radius 3 is 1.20 bits per heavy atom. The van der Waals surface area contributed by atoms with Gasteiger partial charge in [0, 0.05) is 12.8 Å². The number of nitrogens with one attached hydrogen (secondary N) is 1. The molecule has 348 valence electrons. The minimum atomic E-state index is -0.685. The molecule has 0 heterocycles. The van der Waals surface area contributed by atoms with E-state index in [1.54, 1.807) is 0 Å². The first-order valence-corrected chi connectivity index (χ1v) is 26.1. The molecule has 0 saturated carbocycles. The molecule has 0 aromatic heterocycles. The van der Waals surface area contributed by atoms with E-state index in [0.717, 1.165) is 77.0 Å². The Balaban J connectivity index is 3.50. The first-order valence-electron chi connectivity index (χ1n) is 26.1. The number of hydrogen-bond donors (Lipinski definition) is 3. The first-order chi connectivity index (χ1) is 29.0. The number of amides is 1. The molecular formula is C53H101NO5. The van der Waals surface area contributed by atoms with Crippen molar-refractivity contribution in [3.63, 3.8) is 0 Å². The average molecular weight is 832 g/mol. The third-order valence-corrected chi connectivity index (χ3v) is 12.0. The van der Waals surface area contributed by atoms with Crippen molar-refractivity contribution >= 4 is 11.9 Å². The Bertz CT molecular complexity index is 920. The van der Waals surface area contributed by atoms with Crippen LogP contribution in [0.15, 0.2) is 24.3 Å². The maximum atomic E-state index is 12.4. The molecule has 1 amide bonds. The van der Waals surface area contributed by atoms with Gasteiger partial charge in [0.1, 0.15) is 0 Å². The summed E-state index contributed by atoms with van der Waals surface area (Å²) in [5, 5.41) is 23.2. The maximum Gasteiger partial charge on any atom is 0.305 e. The van der Waals surface area contributed by atoms with Crippen LogP contribution < -0.4 is 5.32 Å². The van der Waals surface area contributed by atoms with Crippen LogP contribution in [0.1, 0.15) is 277 Å². The van der Waals surface area contributed by atoms with Gasteiger partial charge in [-0.1, -0.05) is 212 Å². The van der Waals surface area contributed by atoms with Gasteiger partial charge in [0.25, 0.3) is 0 Å². The molecule has 0 aliphatic rings. The van der Waals surface area contributed by atoms with Gasteiger partial charge in [-0.25, -0.2) is 0 Å². The van der Waals surface area contributed by atoms with Crippen molar-refractivity contribution in [2.24, 2.45) is 0 Å². The number of ether oxygens (including phenoxy) is 1. The quantitative estimate of drug-likeness (QED) is 0.0322. The molecule has 3 N–H and O–H groups in total. The largest absolute Gasteiger partial charge is 0.466 e. The molecule has 6 heteroatoms. The predicted molar refractivity (Wildman–Crippen MR) is 255 cm³/mol. The molecule has 0 aliphatic carbocycles. The number of allylic oxidation sites excluding steroid dienone is 4. The van der Waals surface area contributed by atoms with Crippen molar-refractivity contribution in [3.8, 4) is 0 Å². The Hall–Kier alpha value is -1.66. The van der Waals surface area contributed by atoms with Gasteiger partial charge >= 0.3 is 5.97 Å². The van der Waals surface area contributed by atoms with Crippen LogP contribution in [0.4, 0.5) is 0 Å².